The molecule has 0 aliphatic heterocycles. The molecule has 0 unspecified atom stereocenters. The van der Waals surface area contributed by atoms with Crippen LogP contribution in [0.2, 0.25) is 0 Å². The second-order valence-electron chi connectivity index (χ2n) is 0.268. The molecule has 0 heterocycles. The monoisotopic (exact) mass is 148 g/mol. The third kappa shape index (κ3) is 63.1. The van der Waals surface area contributed by atoms with Gasteiger partial charge in [-0.3, -0.25) is 0 Å². The first-order valence-electron chi connectivity index (χ1n) is 0.600. The number of hydrogen-bond donors (Lipinski definition) is 3. The summed E-state index contributed by atoms with van der Waals surface area (Å²) in [6.45, 7) is 0. The van der Waals surface area contributed by atoms with Crippen LogP contribution < -0.4 is 0 Å². The van der Waals surface area contributed by atoms with Crippen molar-refractivity contribution >= 4 is 67.7 Å². The Morgan fingerprint density at radius 3 is 0.857 bits per heavy atom. The Balaban J connectivity index is -0.0000000150. The molecule has 7 heteroatoms. The second-order valence-corrected chi connectivity index (χ2v) is 0.805. The molecular weight excluding hydrogens is 141 g/mol. The van der Waals surface area contributed by atoms with Gasteiger partial charge in [-0.25, -0.2) is 0 Å². The maximum absolute atomic E-state index is 7.23. The van der Waals surface area contributed by atoms with Gasteiger partial charge in [-0.05, 0) is 0 Å². The fourth-order valence-corrected chi connectivity index (χ4v) is 0. The molecule has 0 saturated heterocycles. The summed E-state index contributed by atoms with van der Waals surface area (Å²) in [6, 6.07) is 0. The summed E-state index contributed by atoms with van der Waals surface area (Å²) >= 11 is 0. The average molecular weight is 148 g/mol. The normalized spacial score (nSPS) is 5.14. The first-order chi connectivity index (χ1) is 1.73. The van der Waals surface area contributed by atoms with E-state index in [2.05, 4.69) is 0 Å². The molecule has 7 heavy (non-hydrogen) atoms. The van der Waals surface area contributed by atoms with E-state index in [4.69, 9.17) is 14.7 Å². The predicted molar refractivity (Wildman–Crippen MR) is 31.5 cm³/mol. The first kappa shape index (κ1) is 22.8. The van der Waals surface area contributed by atoms with E-state index in [1.165, 1.54) is 0 Å². The molecule has 0 aromatic heterocycles. The maximum atomic E-state index is 7.23. The fourth-order valence-electron chi connectivity index (χ4n) is 0. The summed E-state index contributed by atoms with van der Waals surface area (Å²) in [7, 11) is -2.62. The van der Waals surface area contributed by atoms with Gasteiger partial charge in [0, 0.05) is 0 Å². The van der Waals surface area contributed by atoms with Crippen LogP contribution in [0.1, 0.15) is 0 Å². The Bertz CT molecular complexity index is 14.4. The molecule has 38 valence electrons. The molecule has 0 aliphatic rings. The molecule has 0 aromatic carbocycles. The molecule has 0 aliphatic carbocycles. The number of hydrogen-bond acceptors (Lipinski definition) is 3. The molecule has 0 amide bonds. The Kier molecular flexibility index (Phi) is 51.3. The third-order valence-electron chi connectivity index (χ3n) is 0. The summed E-state index contributed by atoms with van der Waals surface area (Å²) in [4.78, 5) is 21.7. The molecule has 0 bridgehead atoms. The van der Waals surface area contributed by atoms with E-state index in [1.54, 1.807) is 0 Å². The van der Waals surface area contributed by atoms with Gasteiger partial charge < -0.3 is 20.2 Å². The van der Waals surface area contributed by atoms with Crippen LogP contribution in [0.25, 0.3) is 0 Å². The summed E-state index contributed by atoms with van der Waals surface area (Å²) in [5, 5.41) is 0. The van der Waals surface area contributed by atoms with E-state index in [9.17, 15) is 0 Å². The second kappa shape index (κ2) is 15.7. The zero-order valence-corrected chi connectivity index (χ0v) is 3.18. The molecule has 0 rings (SSSR count). The van der Waals surface area contributed by atoms with Gasteiger partial charge in [-0.2, -0.15) is 0 Å². The minimum atomic E-state index is -2.62. The molecule has 0 radical (unpaired) electrons. The van der Waals surface area contributed by atoms with Crippen LogP contribution in [0.5, 0.6) is 0 Å². The molecule has 0 spiro atoms. The van der Waals surface area contributed by atoms with Crippen LogP contribution in [0, 0.1) is 0 Å². The summed E-state index contributed by atoms with van der Waals surface area (Å²) in [5.41, 5.74) is 0. The van der Waals surface area contributed by atoms with E-state index >= 15 is 0 Å². The molecular formula is H7Na2O4P. The van der Waals surface area contributed by atoms with E-state index in [0.717, 1.165) is 0 Å². The molecule has 0 fully saturated rings. The Labute approximate surface area is 86.8 Å². The molecule has 5 N–H and O–H groups in total. The average Bonchev–Trinajstić information content (AvgIpc) is 0.811. The quantitative estimate of drug-likeness (QED) is 0.253. The zero-order valence-electron chi connectivity index (χ0n) is 2.29. The summed E-state index contributed by atoms with van der Waals surface area (Å²) < 4.78 is 0. The van der Waals surface area contributed by atoms with Crippen LogP contribution in [0.3, 0.4) is 0 Å². The van der Waals surface area contributed by atoms with Crippen molar-refractivity contribution in [2.75, 3.05) is 0 Å². The van der Waals surface area contributed by atoms with Gasteiger partial charge in [-0.1, -0.05) is 0 Å². The van der Waals surface area contributed by atoms with Crippen molar-refractivity contribution in [1.29, 1.82) is 0 Å². The minimum absolute atomic E-state index is 0. The SMILES string of the molecule is O.OP(O)O.[NaH].[NaH]. The number of rotatable bonds is 0. The van der Waals surface area contributed by atoms with Crippen molar-refractivity contribution in [2.24, 2.45) is 0 Å². The van der Waals surface area contributed by atoms with Crippen molar-refractivity contribution < 1.29 is 20.2 Å². The van der Waals surface area contributed by atoms with Gasteiger partial charge in [-0.15, -0.1) is 0 Å². The van der Waals surface area contributed by atoms with Gasteiger partial charge in [0.05, 0.1) is 0 Å². The Morgan fingerprint density at radius 2 is 0.857 bits per heavy atom. The molecule has 0 saturated carbocycles. The van der Waals surface area contributed by atoms with Crippen molar-refractivity contribution in [2.45, 2.75) is 0 Å². The van der Waals surface area contributed by atoms with Crippen LogP contribution in [0.15, 0.2) is 0 Å². The van der Waals surface area contributed by atoms with E-state index in [-0.39, 0.29) is 64.6 Å². The Hall–Kier alpha value is 2.27. The van der Waals surface area contributed by atoms with Gasteiger partial charge in [0.25, 0.3) is 0 Å². The van der Waals surface area contributed by atoms with Crippen LogP contribution in [0.4, 0.5) is 0 Å². The van der Waals surface area contributed by atoms with Crippen molar-refractivity contribution in [3.63, 3.8) is 0 Å². The van der Waals surface area contributed by atoms with Gasteiger partial charge in [0.1, 0.15) is 0 Å². The van der Waals surface area contributed by atoms with Crippen LogP contribution in [-0.4, -0.2) is 79.3 Å². The first-order valence-corrected chi connectivity index (χ1v) is 1.80. The van der Waals surface area contributed by atoms with E-state index in [1.807, 2.05) is 0 Å². The van der Waals surface area contributed by atoms with Crippen molar-refractivity contribution in [3.8, 4) is 0 Å². The van der Waals surface area contributed by atoms with Crippen molar-refractivity contribution in [1.82, 2.24) is 0 Å². The predicted octanol–water partition coefficient (Wildman–Crippen LogP) is -2.93. The van der Waals surface area contributed by atoms with Gasteiger partial charge in [0.15, 0.2) is 0 Å². The summed E-state index contributed by atoms with van der Waals surface area (Å²) in [5.74, 6) is 0. The third-order valence-corrected chi connectivity index (χ3v) is 0. The zero-order chi connectivity index (χ0) is 3.58. The topological polar surface area (TPSA) is 92.2 Å². The van der Waals surface area contributed by atoms with Crippen LogP contribution >= 0.6 is 8.60 Å². The standard InChI is InChI=1S/2Na.H3O3P.H2O.2H/c;;1-4(2)3;;;/h;;1-3H;1H2;;. The van der Waals surface area contributed by atoms with E-state index in [0.29, 0.717) is 0 Å². The molecule has 0 aromatic rings. The Morgan fingerprint density at radius 1 is 0.857 bits per heavy atom. The molecule has 0 atom stereocenters. The molecule has 4 nitrogen and oxygen atoms in total. The van der Waals surface area contributed by atoms with Crippen LogP contribution in [-0.2, 0) is 0 Å². The van der Waals surface area contributed by atoms with Gasteiger partial charge >= 0.3 is 67.7 Å². The van der Waals surface area contributed by atoms with Crippen molar-refractivity contribution in [3.05, 3.63) is 0 Å². The summed E-state index contributed by atoms with van der Waals surface area (Å²) in [6.07, 6.45) is 0. The van der Waals surface area contributed by atoms with Gasteiger partial charge in [0.2, 0.25) is 0 Å². The van der Waals surface area contributed by atoms with E-state index < -0.39 is 8.60 Å². The fraction of sp³-hybridized carbons (Fsp3) is 0.